The second-order valence-corrected chi connectivity index (χ2v) is 2.90. The molecule has 0 saturated heterocycles. The highest BCUT2D eigenvalue weighted by Crippen LogP contribution is 2.10. The molecule has 0 aliphatic carbocycles. The van der Waals surface area contributed by atoms with Crippen molar-refractivity contribution in [3.05, 3.63) is 0 Å². The fourth-order valence-electron chi connectivity index (χ4n) is 1.08. The molecule has 82 valence electrons. The van der Waals surface area contributed by atoms with E-state index >= 15 is 0 Å². The fourth-order valence-corrected chi connectivity index (χ4v) is 1.08. The van der Waals surface area contributed by atoms with Crippen LogP contribution in [0.4, 0.5) is 0 Å². The lowest BCUT2D eigenvalue weighted by molar-refractivity contribution is -0.157. The molecule has 0 radical (unpaired) electrons. The number of carbonyl (C=O) groups is 2. The summed E-state index contributed by atoms with van der Waals surface area (Å²) in [6, 6.07) is 0. The lowest BCUT2D eigenvalue weighted by Crippen LogP contribution is -2.24. The minimum absolute atomic E-state index is 0.297. The van der Waals surface area contributed by atoms with Crippen LogP contribution in [0.25, 0.3) is 0 Å². The minimum atomic E-state index is -1.13. The molecule has 0 rings (SSSR count). The third-order valence-corrected chi connectivity index (χ3v) is 1.88. The van der Waals surface area contributed by atoms with Crippen molar-refractivity contribution in [3.63, 3.8) is 0 Å². The van der Waals surface area contributed by atoms with Gasteiger partial charge in [-0.1, -0.05) is 0 Å². The SMILES string of the molecule is COCCCCC(C(=O)O)C(=O)OC. The van der Waals surface area contributed by atoms with Gasteiger partial charge in [0.2, 0.25) is 0 Å². The Labute approximate surface area is 83.0 Å². The van der Waals surface area contributed by atoms with Gasteiger partial charge < -0.3 is 14.6 Å². The first-order valence-corrected chi connectivity index (χ1v) is 4.43. The minimum Gasteiger partial charge on any atom is -0.481 e. The third-order valence-electron chi connectivity index (χ3n) is 1.88. The molecule has 1 N–H and O–H groups in total. The molecule has 14 heavy (non-hydrogen) atoms. The van der Waals surface area contributed by atoms with Gasteiger partial charge in [0.25, 0.3) is 0 Å². The highest BCUT2D eigenvalue weighted by Gasteiger charge is 2.26. The van der Waals surface area contributed by atoms with Crippen LogP contribution in [0.3, 0.4) is 0 Å². The summed E-state index contributed by atoms with van der Waals surface area (Å²) in [6.45, 7) is 0.577. The maximum Gasteiger partial charge on any atom is 0.320 e. The van der Waals surface area contributed by atoms with Crippen molar-refractivity contribution < 1.29 is 24.2 Å². The molecular weight excluding hydrogens is 188 g/mol. The fraction of sp³-hybridized carbons (Fsp3) is 0.778. The molecule has 0 fully saturated rings. The summed E-state index contributed by atoms with van der Waals surface area (Å²) >= 11 is 0. The summed E-state index contributed by atoms with van der Waals surface area (Å²) in [5.74, 6) is -2.86. The monoisotopic (exact) mass is 204 g/mol. The van der Waals surface area contributed by atoms with E-state index in [1.54, 1.807) is 7.11 Å². The smallest absolute Gasteiger partial charge is 0.320 e. The summed E-state index contributed by atoms with van der Waals surface area (Å²) in [4.78, 5) is 21.6. The molecule has 0 amide bonds. The number of rotatable bonds is 7. The Morgan fingerprint density at radius 3 is 2.36 bits per heavy atom. The van der Waals surface area contributed by atoms with E-state index in [-0.39, 0.29) is 0 Å². The summed E-state index contributed by atoms with van der Waals surface area (Å²) in [5.41, 5.74) is 0. The number of ether oxygens (including phenoxy) is 2. The lowest BCUT2D eigenvalue weighted by atomic mass is 10.0. The Bertz CT molecular complexity index is 190. The summed E-state index contributed by atoms with van der Waals surface area (Å²) in [5, 5.41) is 8.70. The van der Waals surface area contributed by atoms with Crippen LogP contribution < -0.4 is 0 Å². The molecule has 0 spiro atoms. The summed E-state index contributed by atoms with van der Waals surface area (Å²) in [6.07, 6.45) is 1.68. The average molecular weight is 204 g/mol. The van der Waals surface area contributed by atoms with Gasteiger partial charge in [0, 0.05) is 13.7 Å². The van der Waals surface area contributed by atoms with E-state index in [2.05, 4.69) is 4.74 Å². The van der Waals surface area contributed by atoms with E-state index in [1.807, 2.05) is 0 Å². The molecule has 0 aromatic heterocycles. The quantitative estimate of drug-likeness (QED) is 0.375. The second kappa shape index (κ2) is 7.32. The molecule has 0 aliphatic heterocycles. The van der Waals surface area contributed by atoms with Gasteiger partial charge in [-0.3, -0.25) is 9.59 Å². The number of unbranched alkanes of at least 4 members (excludes halogenated alkanes) is 1. The summed E-state index contributed by atoms with van der Waals surface area (Å²) in [7, 11) is 2.77. The largest absolute Gasteiger partial charge is 0.481 e. The molecular formula is C9H16O5. The van der Waals surface area contributed by atoms with Crippen LogP contribution in [0.15, 0.2) is 0 Å². The van der Waals surface area contributed by atoms with Crippen LogP contribution in [-0.2, 0) is 19.1 Å². The van der Waals surface area contributed by atoms with E-state index in [0.29, 0.717) is 19.4 Å². The molecule has 0 bridgehead atoms. The Hall–Kier alpha value is -1.10. The number of carboxylic acid groups (broad SMARTS) is 1. The molecule has 1 unspecified atom stereocenters. The Kier molecular flexibility index (Phi) is 6.74. The predicted octanol–water partition coefficient (Wildman–Crippen LogP) is 0.677. The maximum atomic E-state index is 11.0. The van der Waals surface area contributed by atoms with Gasteiger partial charge in [-0.15, -0.1) is 0 Å². The van der Waals surface area contributed by atoms with Crippen LogP contribution in [0, 0.1) is 5.92 Å². The number of hydrogen-bond acceptors (Lipinski definition) is 4. The van der Waals surface area contributed by atoms with Crippen molar-refractivity contribution in [1.29, 1.82) is 0 Å². The van der Waals surface area contributed by atoms with Crippen molar-refractivity contribution in [1.82, 2.24) is 0 Å². The van der Waals surface area contributed by atoms with E-state index in [1.165, 1.54) is 7.11 Å². The molecule has 0 saturated carbocycles. The standard InChI is InChI=1S/C9H16O5/c1-13-6-4-3-5-7(8(10)11)9(12)14-2/h7H,3-6H2,1-2H3,(H,10,11). The van der Waals surface area contributed by atoms with Gasteiger partial charge in [0.15, 0.2) is 5.92 Å². The van der Waals surface area contributed by atoms with E-state index in [4.69, 9.17) is 9.84 Å². The first-order valence-electron chi connectivity index (χ1n) is 4.43. The van der Waals surface area contributed by atoms with Gasteiger partial charge >= 0.3 is 11.9 Å². The first kappa shape index (κ1) is 12.9. The zero-order valence-corrected chi connectivity index (χ0v) is 8.49. The van der Waals surface area contributed by atoms with Crippen molar-refractivity contribution >= 4 is 11.9 Å². The molecule has 0 aromatic carbocycles. The van der Waals surface area contributed by atoms with Crippen LogP contribution in [0.1, 0.15) is 19.3 Å². The zero-order valence-electron chi connectivity index (χ0n) is 8.49. The molecule has 5 heteroatoms. The van der Waals surface area contributed by atoms with Gasteiger partial charge in [0.1, 0.15) is 0 Å². The molecule has 0 aliphatic rings. The normalized spacial score (nSPS) is 12.1. The first-order chi connectivity index (χ1) is 6.63. The molecule has 1 atom stereocenters. The van der Waals surface area contributed by atoms with Crippen LogP contribution in [-0.4, -0.2) is 37.9 Å². The summed E-state index contributed by atoms with van der Waals surface area (Å²) < 4.78 is 9.19. The lowest BCUT2D eigenvalue weighted by Gasteiger charge is -2.09. The third kappa shape index (κ3) is 4.81. The Morgan fingerprint density at radius 1 is 1.29 bits per heavy atom. The highest BCUT2D eigenvalue weighted by molar-refractivity contribution is 5.93. The number of carboxylic acids is 1. The van der Waals surface area contributed by atoms with Crippen molar-refractivity contribution in [2.75, 3.05) is 20.8 Å². The number of aliphatic carboxylic acids is 1. The maximum absolute atomic E-state index is 11.0. The van der Waals surface area contributed by atoms with Crippen LogP contribution >= 0.6 is 0 Å². The molecule has 0 heterocycles. The van der Waals surface area contributed by atoms with Crippen molar-refractivity contribution in [2.45, 2.75) is 19.3 Å². The Balaban J connectivity index is 3.86. The van der Waals surface area contributed by atoms with Crippen LogP contribution in [0.5, 0.6) is 0 Å². The zero-order chi connectivity index (χ0) is 11.0. The van der Waals surface area contributed by atoms with E-state index in [9.17, 15) is 9.59 Å². The van der Waals surface area contributed by atoms with Gasteiger partial charge in [-0.05, 0) is 19.3 Å². The number of carbonyl (C=O) groups excluding carboxylic acids is 1. The van der Waals surface area contributed by atoms with E-state index in [0.717, 1.165) is 6.42 Å². The van der Waals surface area contributed by atoms with Gasteiger partial charge in [-0.25, -0.2) is 0 Å². The van der Waals surface area contributed by atoms with Gasteiger partial charge in [-0.2, -0.15) is 0 Å². The topological polar surface area (TPSA) is 72.8 Å². The molecule has 5 nitrogen and oxygen atoms in total. The Morgan fingerprint density at radius 2 is 1.93 bits per heavy atom. The average Bonchev–Trinajstić information content (AvgIpc) is 2.16. The highest BCUT2D eigenvalue weighted by atomic mass is 16.5. The number of esters is 1. The van der Waals surface area contributed by atoms with Crippen LogP contribution in [0.2, 0.25) is 0 Å². The molecule has 0 aromatic rings. The van der Waals surface area contributed by atoms with Gasteiger partial charge in [0.05, 0.1) is 7.11 Å². The number of hydrogen-bond donors (Lipinski definition) is 1. The van der Waals surface area contributed by atoms with Crippen molar-refractivity contribution in [2.24, 2.45) is 5.92 Å². The second-order valence-electron chi connectivity index (χ2n) is 2.90. The van der Waals surface area contributed by atoms with E-state index < -0.39 is 17.9 Å². The van der Waals surface area contributed by atoms with Crippen molar-refractivity contribution in [3.8, 4) is 0 Å². The predicted molar refractivity (Wildman–Crippen MR) is 48.9 cm³/mol. The number of methoxy groups -OCH3 is 2.